The molecule has 0 amide bonds. The molecule has 2 aromatic rings. The minimum Gasteiger partial charge on any atom is -0.309 e. The molecule has 1 nitrogen and oxygen atoms in total. The SMILES string of the molecule is CCNC(CSc1ccc(Cl)cc1)c1cccc(F)c1F. The van der Waals surface area contributed by atoms with Crippen LogP contribution >= 0.6 is 23.4 Å². The number of thioether (sulfide) groups is 1. The highest BCUT2D eigenvalue weighted by Gasteiger charge is 2.17. The molecule has 1 atom stereocenters. The summed E-state index contributed by atoms with van der Waals surface area (Å²) >= 11 is 7.42. The molecule has 1 N–H and O–H groups in total. The summed E-state index contributed by atoms with van der Waals surface area (Å²) in [6, 6.07) is 11.5. The van der Waals surface area contributed by atoms with Crippen LogP contribution < -0.4 is 5.32 Å². The van der Waals surface area contributed by atoms with Crippen LogP contribution in [0.1, 0.15) is 18.5 Å². The molecule has 1 unspecified atom stereocenters. The molecule has 0 heterocycles. The van der Waals surface area contributed by atoms with E-state index in [1.165, 1.54) is 6.07 Å². The highest BCUT2D eigenvalue weighted by molar-refractivity contribution is 7.99. The first-order chi connectivity index (χ1) is 10.1. The lowest BCUT2D eigenvalue weighted by molar-refractivity contribution is 0.478. The zero-order valence-electron chi connectivity index (χ0n) is 11.6. The third kappa shape index (κ3) is 4.43. The number of benzene rings is 2. The third-order valence-corrected chi connectivity index (χ3v) is 4.40. The second-order valence-corrected chi connectivity index (χ2v) is 6.05. The van der Waals surface area contributed by atoms with Gasteiger partial charge in [0.25, 0.3) is 0 Å². The fraction of sp³-hybridized carbons (Fsp3) is 0.250. The van der Waals surface area contributed by atoms with Crippen LogP contribution in [0.25, 0.3) is 0 Å². The second kappa shape index (κ2) is 7.78. The highest BCUT2D eigenvalue weighted by Crippen LogP contribution is 2.27. The van der Waals surface area contributed by atoms with Crippen molar-refractivity contribution in [1.82, 2.24) is 5.32 Å². The van der Waals surface area contributed by atoms with Gasteiger partial charge in [-0.05, 0) is 36.9 Å². The average molecular weight is 328 g/mol. The number of halogens is 3. The Morgan fingerprint density at radius 3 is 2.52 bits per heavy atom. The largest absolute Gasteiger partial charge is 0.309 e. The number of hydrogen-bond donors (Lipinski definition) is 1. The van der Waals surface area contributed by atoms with Gasteiger partial charge in [-0.2, -0.15) is 0 Å². The fourth-order valence-electron chi connectivity index (χ4n) is 2.01. The Morgan fingerprint density at radius 2 is 1.86 bits per heavy atom. The van der Waals surface area contributed by atoms with E-state index in [-0.39, 0.29) is 6.04 Å². The molecule has 0 spiro atoms. The van der Waals surface area contributed by atoms with Crippen molar-refractivity contribution in [3.05, 3.63) is 64.7 Å². The first-order valence-corrected chi connectivity index (χ1v) is 8.03. The van der Waals surface area contributed by atoms with Crippen LogP contribution in [0.2, 0.25) is 5.02 Å². The summed E-state index contributed by atoms with van der Waals surface area (Å²) in [5.41, 5.74) is 0.360. The highest BCUT2D eigenvalue weighted by atomic mass is 35.5. The maximum Gasteiger partial charge on any atom is 0.163 e. The number of nitrogens with one attached hydrogen (secondary N) is 1. The summed E-state index contributed by atoms with van der Waals surface area (Å²) < 4.78 is 27.3. The van der Waals surface area contributed by atoms with Crippen molar-refractivity contribution >= 4 is 23.4 Å². The fourth-order valence-corrected chi connectivity index (χ4v) is 3.12. The molecule has 5 heteroatoms. The van der Waals surface area contributed by atoms with Gasteiger partial charge < -0.3 is 5.32 Å². The van der Waals surface area contributed by atoms with Gasteiger partial charge in [-0.15, -0.1) is 11.8 Å². The van der Waals surface area contributed by atoms with Gasteiger partial charge in [0, 0.05) is 27.3 Å². The van der Waals surface area contributed by atoms with Crippen LogP contribution in [-0.2, 0) is 0 Å². The lowest BCUT2D eigenvalue weighted by Crippen LogP contribution is -2.24. The van der Waals surface area contributed by atoms with E-state index in [4.69, 9.17) is 11.6 Å². The first kappa shape index (κ1) is 16.3. The Labute approximate surface area is 132 Å². The summed E-state index contributed by atoms with van der Waals surface area (Å²) in [6.45, 7) is 2.62. The van der Waals surface area contributed by atoms with E-state index >= 15 is 0 Å². The molecule has 0 saturated heterocycles. The molecule has 0 saturated carbocycles. The van der Waals surface area contributed by atoms with Gasteiger partial charge in [0.2, 0.25) is 0 Å². The molecule has 0 aliphatic rings. The molecule has 0 bridgehead atoms. The van der Waals surface area contributed by atoms with Crippen molar-refractivity contribution in [3.8, 4) is 0 Å². The van der Waals surface area contributed by atoms with Crippen LogP contribution in [-0.4, -0.2) is 12.3 Å². The van der Waals surface area contributed by atoms with Crippen LogP contribution in [0.3, 0.4) is 0 Å². The zero-order valence-corrected chi connectivity index (χ0v) is 13.1. The van der Waals surface area contributed by atoms with Crippen molar-refractivity contribution in [2.45, 2.75) is 17.9 Å². The van der Waals surface area contributed by atoms with Crippen molar-refractivity contribution in [2.75, 3.05) is 12.3 Å². The van der Waals surface area contributed by atoms with Gasteiger partial charge in [0.05, 0.1) is 0 Å². The minimum atomic E-state index is -0.813. The molecular formula is C16H16ClF2NS. The van der Waals surface area contributed by atoms with E-state index in [2.05, 4.69) is 5.32 Å². The molecule has 2 aromatic carbocycles. The van der Waals surface area contributed by atoms with Gasteiger partial charge in [-0.1, -0.05) is 30.7 Å². The van der Waals surface area contributed by atoms with Crippen molar-refractivity contribution < 1.29 is 8.78 Å². The Balaban J connectivity index is 2.12. The van der Waals surface area contributed by atoms with E-state index in [1.807, 2.05) is 31.2 Å². The minimum absolute atomic E-state index is 0.244. The van der Waals surface area contributed by atoms with E-state index in [0.29, 0.717) is 22.9 Å². The van der Waals surface area contributed by atoms with Gasteiger partial charge in [-0.25, -0.2) is 8.78 Å². The summed E-state index contributed by atoms with van der Waals surface area (Å²) in [7, 11) is 0. The van der Waals surface area contributed by atoms with Crippen LogP contribution in [0.15, 0.2) is 47.4 Å². The third-order valence-electron chi connectivity index (χ3n) is 3.04. The van der Waals surface area contributed by atoms with E-state index < -0.39 is 11.6 Å². The number of hydrogen-bond acceptors (Lipinski definition) is 2. The maximum atomic E-state index is 13.9. The van der Waals surface area contributed by atoms with Crippen LogP contribution in [0.5, 0.6) is 0 Å². The lowest BCUT2D eigenvalue weighted by atomic mass is 10.1. The van der Waals surface area contributed by atoms with E-state index in [1.54, 1.807) is 17.8 Å². The molecule has 0 aliphatic heterocycles. The lowest BCUT2D eigenvalue weighted by Gasteiger charge is -2.19. The molecule has 0 aromatic heterocycles. The first-order valence-electron chi connectivity index (χ1n) is 6.67. The zero-order chi connectivity index (χ0) is 15.2. The molecule has 0 fully saturated rings. The topological polar surface area (TPSA) is 12.0 Å². The Morgan fingerprint density at radius 1 is 1.14 bits per heavy atom. The van der Waals surface area contributed by atoms with E-state index in [9.17, 15) is 8.78 Å². The summed E-state index contributed by atoms with van der Waals surface area (Å²) in [5.74, 6) is -0.984. The number of rotatable bonds is 6. The predicted molar refractivity (Wildman–Crippen MR) is 85.0 cm³/mol. The van der Waals surface area contributed by atoms with Gasteiger partial charge in [-0.3, -0.25) is 0 Å². The quantitative estimate of drug-likeness (QED) is 0.744. The Kier molecular flexibility index (Phi) is 6.03. The van der Waals surface area contributed by atoms with Gasteiger partial charge in [0.15, 0.2) is 11.6 Å². The van der Waals surface area contributed by atoms with Crippen molar-refractivity contribution in [3.63, 3.8) is 0 Å². The molecule has 21 heavy (non-hydrogen) atoms. The monoisotopic (exact) mass is 327 g/mol. The maximum absolute atomic E-state index is 13.9. The molecule has 2 rings (SSSR count). The van der Waals surface area contributed by atoms with Crippen LogP contribution in [0.4, 0.5) is 8.78 Å². The van der Waals surface area contributed by atoms with Crippen molar-refractivity contribution in [2.24, 2.45) is 0 Å². The standard InChI is InChI=1S/C16H16ClF2NS/c1-2-20-15(13-4-3-5-14(18)16(13)19)10-21-12-8-6-11(17)7-9-12/h3-9,15,20H,2,10H2,1H3. The summed E-state index contributed by atoms with van der Waals surface area (Å²) in [6.07, 6.45) is 0. The van der Waals surface area contributed by atoms with Gasteiger partial charge in [0.1, 0.15) is 0 Å². The Hall–Kier alpha value is -1.10. The normalized spacial score (nSPS) is 12.4. The Bertz CT molecular complexity index is 589. The second-order valence-electron chi connectivity index (χ2n) is 4.52. The average Bonchev–Trinajstić information content (AvgIpc) is 2.48. The molecule has 112 valence electrons. The summed E-state index contributed by atoms with van der Waals surface area (Å²) in [4.78, 5) is 1.04. The molecule has 0 radical (unpaired) electrons. The summed E-state index contributed by atoms with van der Waals surface area (Å²) in [5, 5.41) is 3.87. The van der Waals surface area contributed by atoms with Crippen LogP contribution in [0, 0.1) is 11.6 Å². The van der Waals surface area contributed by atoms with Crippen molar-refractivity contribution in [1.29, 1.82) is 0 Å². The van der Waals surface area contributed by atoms with E-state index in [0.717, 1.165) is 11.0 Å². The molecular weight excluding hydrogens is 312 g/mol. The van der Waals surface area contributed by atoms with Gasteiger partial charge >= 0.3 is 0 Å². The molecule has 0 aliphatic carbocycles. The smallest absolute Gasteiger partial charge is 0.163 e. The predicted octanol–water partition coefficient (Wildman–Crippen LogP) is 5.06.